The van der Waals surface area contributed by atoms with E-state index < -0.39 is 5.82 Å². The first-order valence-corrected chi connectivity index (χ1v) is 7.80. The highest BCUT2D eigenvalue weighted by molar-refractivity contribution is 5.94. The highest BCUT2D eigenvalue weighted by atomic mass is 19.1. The number of halogens is 1. The van der Waals surface area contributed by atoms with Crippen LogP contribution in [0.4, 0.5) is 4.39 Å². The molecule has 1 saturated carbocycles. The Kier molecular flexibility index (Phi) is 6.35. The van der Waals surface area contributed by atoms with Crippen molar-refractivity contribution in [2.24, 2.45) is 0 Å². The maximum atomic E-state index is 13.2. The van der Waals surface area contributed by atoms with Gasteiger partial charge in [-0.3, -0.25) is 4.79 Å². The Bertz CT molecular complexity index is 546. The van der Waals surface area contributed by atoms with Crippen LogP contribution in [0.25, 0.3) is 0 Å². The van der Waals surface area contributed by atoms with Crippen LogP contribution < -0.4 is 5.32 Å². The van der Waals surface area contributed by atoms with E-state index in [2.05, 4.69) is 5.32 Å². The van der Waals surface area contributed by atoms with Crippen molar-refractivity contribution in [3.05, 3.63) is 35.1 Å². The molecular weight excluding hydrogens is 283 g/mol. The number of ether oxygens (including phenoxy) is 1. The average molecular weight is 304 g/mol. The second-order valence-electron chi connectivity index (χ2n) is 5.55. The van der Waals surface area contributed by atoms with Crippen LogP contribution in [0.2, 0.25) is 0 Å². The lowest BCUT2D eigenvalue weighted by Gasteiger charge is -2.15. The molecule has 0 radical (unpaired) electrons. The lowest BCUT2D eigenvalue weighted by atomic mass is 10.1. The van der Waals surface area contributed by atoms with Crippen LogP contribution >= 0.6 is 0 Å². The predicted octanol–water partition coefficient (Wildman–Crippen LogP) is 3.17. The van der Waals surface area contributed by atoms with Crippen molar-refractivity contribution in [1.29, 1.82) is 5.26 Å². The monoisotopic (exact) mass is 304 g/mol. The zero-order valence-corrected chi connectivity index (χ0v) is 12.6. The quantitative estimate of drug-likeness (QED) is 0.671. The molecule has 22 heavy (non-hydrogen) atoms. The molecule has 1 aliphatic carbocycles. The molecule has 1 amide bonds. The molecule has 5 heteroatoms. The number of nitrogens with one attached hydrogen (secondary N) is 1. The van der Waals surface area contributed by atoms with Gasteiger partial charge >= 0.3 is 0 Å². The molecule has 0 bridgehead atoms. The Morgan fingerprint density at radius 2 is 2.05 bits per heavy atom. The molecule has 0 aliphatic heterocycles. The summed E-state index contributed by atoms with van der Waals surface area (Å²) in [5.41, 5.74) is 0.162. The Labute approximate surface area is 130 Å². The minimum Gasteiger partial charge on any atom is -0.376 e. The molecule has 2 rings (SSSR count). The Morgan fingerprint density at radius 3 is 2.73 bits per heavy atom. The van der Waals surface area contributed by atoms with Gasteiger partial charge in [-0.2, -0.15) is 5.26 Å². The first-order chi connectivity index (χ1) is 10.7. The third-order valence-corrected chi connectivity index (χ3v) is 3.89. The van der Waals surface area contributed by atoms with Gasteiger partial charge in [-0.25, -0.2) is 4.39 Å². The summed E-state index contributed by atoms with van der Waals surface area (Å²) >= 11 is 0. The number of rotatable bonds is 5. The van der Waals surface area contributed by atoms with E-state index in [1.165, 1.54) is 37.8 Å². The molecule has 1 aliphatic rings. The first-order valence-electron chi connectivity index (χ1n) is 7.80. The maximum absolute atomic E-state index is 13.2. The van der Waals surface area contributed by atoms with Crippen molar-refractivity contribution >= 4 is 5.91 Å². The molecule has 0 atom stereocenters. The summed E-state index contributed by atoms with van der Waals surface area (Å²) in [6, 6.07) is 5.49. The topological polar surface area (TPSA) is 62.1 Å². The second kappa shape index (κ2) is 8.50. The van der Waals surface area contributed by atoms with Crippen LogP contribution in [0.1, 0.15) is 54.4 Å². The van der Waals surface area contributed by atoms with Gasteiger partial charge < -0.3 is 10.1 Å². The number of amides is 1. The molecule has 118 valence electrons. The van der Waals surface area contributed by atoms with Gasteiger partial charge in [0, 0.05) is 12.1 Å². The molecule has 1 aromatic rings. The smallest absolute Gasteiger partial charge is 0.251 e. The fraction of sp³-hybridized carbons (Fsp3) is 0.529. The highest BCUT2D eigenvalue weighted by Gasteiger charge is 2.13. The molecule has 0 aromatic heterocycles. The molecule has 0 spiro atoms. The fourth-order valence-corrected chi connectivity index (χ4v) is 2.65. The molecule has 1 aromatic carbocycles. The predicted molar refractivity (Wildman–Crippen MR) is 80.9 cm³/mol. The molecular formula is C17H21FN2O2. The first kappa shape index (κ1) is 16.4. The number of benzene rings is 1. The summed E-state index contributed by atoms with van der Waals surface area (Å²) in [6.07, 6.45) is 7.47. The third kappa shape index (κ3) is 4.81. The lowest BCUT2D eigenvalue weighted by Crippen LogP contribution is -2.28. The van der Waals surface area contributed by atoms with Crippen LogP contribution in [0.15, 0.2) is 18.2 Å². The summed E-state index contributed by atoms with van der Waals surface area (Å²) < 4.78 is 19.0. The van der Waals surface area contributed by atoms with Gasteiger partial charge in [-0.15, -0.1) is 0 Å². The van der Waals surface area contributed by atoms with Crippen molar-refractivity contribution in [3.63, 3.8) is 0 Å². The van der Waals surface area contributed by atoms with E-state index in [0.717, 1.165) is 18.9 Å². The van der Waals surface area contributed by atoms with Gasteiger partial charge in [0.05, 0.1) is 18.3 Å². The third-order valence-electron chi connectivity index (χ3n) is 3.89. The van der Waals surface area contributed by atoms with E-state index in [4.69, 9.17) is 10.00 Å². The van der Waals surface area contributed by atoms with E-state index in [1.807, 2.05) is 0 Å². The van der Waals surface area contributed by atoms with Crippen molar-refractivity contribution < 1.29 is 13.9 Å². The summed E-state index contributed by atoms with van der Waals surface area (Å²) in [7, 11) is 0. The SMILES string of the molecule is N#Cc1cc(C(=O)NCCOC2CCCCCC2)ccc1F. The number of hydrogen-bond donors (Lipinski definition) is 1. The van der Waals surface area contributed by atoms with E-state index in [0.29, 0.717) is 19.3 Å². The van der Waals surface area contributed by atoms with E-state index in [9.17, 15) is 9.18 Å². The van der Waals surface area contributed by atoms with Crippen molar-refractivity contribution in [3.8, 4) is 6.07 Å². The Morgan fingerprint density at radius 1 is 1.32 bits per heavy atom. The molecule has 4 nitrogen and oxygen atoms in total. The zero-order valence-electron chi connectivity index (χ0n) is 12.6. The molecule has 0 heterocycles. The van der Waals surface area contributed by atoms with E-state index in [-0.39, 0.29) is 17.0 Å². The normalized spacial score (nSPS) is 15.8. The number of carbonyl (C=O) groups excluding carboxylic acids is 1. The van der Waals surface area contributed by atoms with Crippen LogP contribution in [-0.4, -0.2) is 25.2 Å². The number of nitriles is 1. The zero-order chi connectivity index (χ0) is 15.8. The highest BCUT2D eigenvalue weighted by Crippen LogP contribution is 2.19. The minimum absolute atomic E-state index is 0.123. The fourth-order valence-electron chi connectivity index (χ4n) is 2.65. The maximum Gasteiger partial charge on any atom is 0.251 e. The van der Waals surface area contributed by atoms with Crippen molar-refractivity contribution in [2.75, 3.05) is 13.2 Å². The van der Waals surface area contributed by atoms with Gasteiger partial charge in [0.25, 0.3) is 5.91 Å². The van der Waals surface area contributed by atoms with E-state index >= 15 is 0 Å². The van der Waals surface area contributed by atoms with Gasteiger partial charge in [0.15, 0.2) is 0 Å². The molecule has 1 fully saturated rings. The summed E-state index contributed by atoms with van der Waals surface area (Å²) in [6.45, 7) is 0.886. The van der Waals surface area contributed by atoms with Gasteiger partial charge in [0.1, 0.15) is 11.9 Å². The van der Waals surface area contributed by atoms with Gasteiger partial charge in [-0.05, 0) is 31.0 Å². The Hall–Kier alpha value is -1.93. The van der Waals surface area contributed by atoms with Gasteiger partial charge in [-0.1, -0.05) is 25.7 Å². The average Bonchev–Trinajstić information content (AvgIpc) is 2.80. The second-order valence-corrected chi connectivity index (χ2v) is 5.55. The van der Waals surface area contributed by atoms with Crippen molar-refractivity contribution in [2.45, 2.75) is 44.6 Å². The summed E-state index contributed by atoms with van der Waals surface area (Å²) in [5.74, 6) is -0.934. The van der Waals surface area contributed by atoms with Gasteiger partial charge in [0.2, 0.25) is 0 Å². The van der Waals surface area contributed by atoms with E-state index in [1.54, 1.807) is 6.07 Å². The minimum atomic E-state index is -0.615. The number of carbonyl (C=O) groups is 1. The summed E-state index contributed by atoms with van der Waals surface area (Å²) in [5, 5.41) is 11.5. The lowest BCUT2D eigenvalue weighted by molar-refractivity contribution is 0.0442. The molecule has 1 N–H and O–H groups in total. The number of nitrogens with zero attached hydrogens (tertiary/aromatic N) is 1. The van der Waals surface area contributed by atoms with Crippen LogP contribution in [0.3, 0.4) is 0 Å². The largest absolute Gasteiger partial charge is 0.376 e. The summed E-state index contributed by atoms with van der Waals surface area (Å²) in [4.78, 5) is 11.9. The van der Waals surface area contributed by atoms with Crippen LogP contribution in [0.5, 0.6) is 0 Å². The number of hydrogen-bond acceptors (Lipinski definition) is 3. The van der Waals surface area contributed by atoms with Crippen LogP contribution in [0, 0.1) is 17.1 Å². The standard InChI is InChI=1S/C17H21FN2O2/c18-16-8-7-13(11-14(16)12-19)17(21)20-9-10-22-15-5-3-1-2-4-6-15/h7-8,11,15H,1-6,9-10H2,(H,20,21). The van der Waals surface area contributed by atoms with Crippen molar-refractivity contribution in [1.82, 2.24) is 5.32 Å². The molecule has 0 unspecified atom stereocenters. The Balaban J connectivity index is 1.74. The van der Waals surface area contributed by atoms with Crippen LogP contribution in [-0.2, 0) is 4.74 Å². The molecule has 0 saturated heterocycles.